The summed E-state index contributed by atoms with van der Waals surface area (Å²) in [5.74, 6) is -0.505. The monoisotopic (exact) mass is 383 g/mol. The lowest BCUT2D eigenvalue weighted by Gasteiger charge is -2.23. The van der Waals surface area contributed by atoms with E-state index in [1.165, 1.54) is 9.80 Å². The first-order chi connectivity index (χ1) is 12.1. The molecule has 0 saturated carbocycles. The van der Waals surface area contributed by atoms with Gasteiger partial charge in [0.1, 0.15) is 6.54 Å². The summed E-state index contributed by atoms with van der Waals surface area (Å²) >= 11 is 5.96. The van der Waals surface area contributed by atoms with E-state index in [-0.39, 0.29) is 37.4 Å². The van der Waals surface area contributed by atoms with Gasteiger partial charge >= 0.3 is 0 Å². The molecule has 0 bridgehead atoms. The Labute approximate surface area is 159 Å². The van der Waals surface area contributed by atoms with Gasteiger partial charge in [0.25, 0.3) is 11.8 Å². The second-order valence-electron chi connectivity index (χ2n) is 6.51. The first-order valence-corrected chi connectivity index (χ1v) is 8.87. The number of rotatable bonds is 8. The van der Waals surface area contributed by atoms with Crippen LogP contribution in [0, 0.1) is 6.92 Å². The zero-order valence-electron chi connectivity index (χ0n) is 16.1. The molecule has 1 aromatic carbocycles. The van der Waals surface area contributed by atoms with Crippen LogP contribution in [0.3, 0.4) is 0 Å². The van der Waals surface area contributed by atoms with E-state index in [0.29, 0.717) is 17.3 Å². The van der Waals surface area contributed by atoms with E-state index in [0.717, 1.165) is 10.5 Å². The summed E-state index contributed by atoms with van der Waals surface area (Å²) in [6, 6.07) is 5.25. The van der Waals surface area contributed by atoms with Gasteiger partial charge in [-0.25, -0.2) is 0 Å². The Morgan fingerprint density at radius 3 is 2.35 bits per heavy atom. The number of carbonyl (C=O) groups is 3. The van der Waals surface area contributed by atoms with Crippen molar-refractivity contribution in [2.45, 2.75) is 13.8 Å². The van der Waals surface area contributed by atoms with E-state index in [1.54, 1.807) is 33.3 Å². The predicted molar refractivity (Wildman–Crippen MR) is 102 cm³/mol. The Bertz CT molecular complexity index is 664. The normalized spacial score (nSPS) is 11.6. The lowest BCUT2D eigenvalue weighted by Crippen LogP contribution is -3.11. The van der Waals surface area contributed by atoms with Crippen molar-refractivity contribution in [2.75, 3.05) is 52.6 Å². The summed E-state index contributed by atoms with van der Waals surface area (Å²) in [6.07, 6.45) is 0. The number of anilines is 1. The minimum absolute atomic E-state index is 0.0454. The second kappa shape index (κ2) is 10.1. The molecule has 0 spiro atoms. The molecule has 0 aromatic heterocycles. The van der Waals surface area contributed by atoms with Crippen LogP contribution in [0.1, 0.15) is 12.5 Å². The molecule has 0 radical (unpaired) electrons. The fourth-order valence-corrected chi connectivity index (χ4v) is 2.49. The molecular formula is C18H28ClN4O3+. The number of aryl methyl sites for hydroxylation is 1. The van der Waals surface area contributed by atoms with E-state index >= 15 is 0 Å². The van der Waals surface area contributed by atoms with Gasteiger partial charge in [0, 0.05) is 31.4 Å². The average Bonchev–Trinajstić information content (AvgIpc) is 2.55. The minimum Gasteiger partial charge on any atom is -0.344 e. The third kappa shape index (κ3) is 7.01. The summed E-state index contributed by atoms with van der Waals surface area (Å²) in [4.78, 5) is 40.2. The number of carbonyl (C=O) groups excluding carboxylic acids is 3. The topological polar surface area (TPSA) is 74.2 Å². The van der Waals surface area contributed by atoms with E-state index in [1.807, 2.05) is 19.9 Å². The number of hydrogen-bond donors (Lipinski definition) is 2. The maximum absolute atomic E-state index is 12.4. The number of nitrogens with zero attached hydrogens (tertiary/aromatic N) is 2. The molecule has 144 valence electrons. The molecule has 1 unspecified atom stereocenters. The third-order valence-electron chi connectivity index (χ3n) is 3.95. The van der Waals surface area contributed by atoms with Crippen LogP contribution in [0.2, 0.25) is 5.02 Å². The maximum atomic E-state index is 12.4. The zero-order chi connectivity index (χ0) is 19.9. The molecule has 0 aliphatic carbocycles. The zero-order valence-corrected chi connectivity index (χ0v) is 16.8. The van der Waals surface area contributed by atoms with Crippen LogP contribution in [-0.2, 0) is 14.4 Å². The van der Waals surface area contributed by atoms with Gasteiger partial charge in [-0.2, -0.15) is 0 Å². The molecule has 0 aliphatic heterocycles. The molecule has 0 heterocycles. The van der Waals surface area contributed by atoms with Gasteiger partial charge in [0.2, 0.25) is 5.91 Å². The van der Waals surface area contributed by atoms with E-state index in [4.69, 9.17) is 11.6 Å². The maximum Gasteiger partial charge on any atom is 0.278 e. The molecule has 0 fully saturated rings. The van der Waals surface area contributed by atoms with Gasteiger partial charge in [-0.15, -0.1) is 0 Å². The van der Waals surface area contributed by atoms with Gasteiger partial charge in [-0.1, -0.05) is 17.7 Å². The fourth-order valence-electron chi connectivity index (χ4n) is 2.32. The Morgan fingerprint density at radius 1 is 1.15 bits per heavy atom. The molecule has 8 heteroatoms. The van der Waals surface area contributed by atoms with Crippen molar-refractivity contribution >= 4 is 35.0 Å². The smallest absolute Gasteiger partial charge is 0.278 e. The molecule has 1 atom stereocenters. The number of likely N-dealkylation sites (N-methyl/N-ethyl adjacent to an activating group) is 3. The van der Waals surface area contributed by atoms with Crippen LogP contribution in [-0.4, -0.2) is 74.8 Å². The van der Waals surface area contributed by atoms with Gasteiger partial charge < -0.3 is 20.0 Å². The van der Waals surface area contributed by atoms with Gasteiger partial charge in [-0.3, -0.25) is 14.4 Å². The number of hydrogen-bond acceptors (Lipinski definition) is 3. The molecule has 3 amide bonds. The van der Waals surface area contributed by atoms with Crippen molar-refractivity contribution in [3.05, 3.63) is 28.8 Å². The summed E-state index contributed by atoms with van der Waals surface area (Å²) < 4.78 is 0. The second-order valence-corrected chi connectivity index (χ2v) is 6.95. The number of quaternary nitrogens is 1. The third-order valence-corrected chi connectivity index (χ3v) is 4.18. The summed E-state index contributed by atoms with van der Waals surface area (Å²) in [7, 11) is 5.14. The molecule has 0 saturated heterocycles. The van der Waals surface area contributed by atoms with E-state index < -0.39 is 0 Å². The van der Waals surface area contributed by atoms with E-state index in [2.05, 4.69) is 5.32 Å². The van der Waals surface area contributed by atoms with Crippen LogP contribution in [0.5, 0.6) is 0 Å². The predicted octanol–water partition coefficient (Wildman–Crippen LogP) is 0.0383. The van der Waals surface area contributed by atoms with Crippen molar-refractivity contribution < 1.29 is 19.3 Å². The SMILES string of the molecule is CCN(CC(=O)Nc1cc(Cl)ccc1C)C(=O)C[NH+](C)CC(=O)N(C)C. The Morgan fingerprint density at radius 2 is 1.77 bits per heavy atom. The molecule has 0 aliphatic rings. The molecule has 26 heavy (non-hydrogen) atoms. The Balaban J connectivity index is 2.62. The minimum atomic E-state index is -0.285. The van der Waals surface area contributed by atoms with Crippen LogP contribution >= 0.6 is 11.6 Å². The summed E-state index contributed by atoms with van der Waals surface area (Å²) in [5, 5.41) is 3.32. The molecule has 2 N–H and O–H groups in total. The van der Waals surface area contributed by atoms with Crippen LogP contribution in [0.15, 0.2) is 18.2 Å². The van der Waals surface area contributed by atoms with Crippen LogP contribution in [0.25, 0.3) is 0 Å². The van der Waals surface area contributed by atoms with Crippen molar-refractivity contribution in [3.8, 4) is 0 Å². The standard InChI is InChI=1S/C18H27ClN4O3/c1-6-23(18(26)12-22(5)11-17(25)21(3)4)10-16(24)20-15-9-14(19)8-7-13(15)2/h7-9H,6,10-12H2,1-5H3,(H,20,24)/p+1. The van der Waals surface area contributed by atoms with Crippen molar-refractivity contribution in [1.29, 1.82) is 0 Å². The van der Waals surface area contributed by atoms with Gasteiger partial charge in [0.15, 0.2) is 13.1 Å². The highest BCUT2D eigenvalue weighted by Gasteiger charge is 2.21. The fraction of sp³-hybridized carbons (Fsp3) is 0.500. The molecular weight excluding hydrogens is 356 g/mol. The van der Waals surface area contributed by atoms with Crippen LogP contribution in [0.4, 0.5) is 5.69 Å². The van der Waals surface area contributed by atoms with Gasteiger partial charge in [0.05, 0.1) is 7.05 Å². The highest BCUT2D eigenvalue weighted by Crippen LogP contribution is 2.20. The van der Waals surface area contributed by atoms with E-state index in [9.17, 15) is 14.4 Å². The highest BCUT2D eigenvalue weighted by molar-refractivity contribution is 6.31. The average molecular weight is 384 g/mol. The Kier molecular flexibility index (Phi) is 8.54. The molecule has 1 aromatic rings. The lowest BCUT2D eigenvalue weighted by molar-refractivity contribution is -0.863. The van der Waals surface area contributed by atoms with Crippen molar-refractivity contribution in [3.63, 3.8) is 0 Å². The van der Waals surface area contributed by atoms with Gasteiger partial charge in [-0.05, 0) is 31.5 Å². The van der Waals surface area contributed by atoms with Crippen LogP contribution < -0.4 is 10.2 Å². The number of halogens is 1. The number of benzene rings is 1. The Hall–Kier alpha value is -2.12. The lowest BCUT2D eigenvalue weighted by atomic mass is 10.2. The number of amides is 3. The molecule has 1 rings (SSSR count). The first kappa shape index (κ1) is 21.9. The summed E-state index contributed by atoms with van der Waals surface area (Å²) in [6.45, 7) is 4.43. The largest absolute Gasteiger partial charge is 0.344 e. The van der Waals surface area contributed by atoms with Crippen molar-refractivity contribution in [2.24, 2.45) is 0 Å². The molecule has 7 nitrogen and oxygen atoms in total. The highest BCUT2D eigenvalue weighted by atomic mass is 35.5. The number of nitrogens with one attached hydrogen (secondary N) is 2. The summed E-state index contributed by atoms with van der Waals surface area (Å²) in [5.41, 5.74) is 1.52. The first-order valence-electron chi connectivity index (χ1n) is 8.49. The quantitative estimate of drug-likeness (QED) is 0.665. The van der Waals surface area contributed by atoms with Crippen molar-refractivity contribution in [1.82, 2.24) is 9.80 Å².